The molecule has 1 heterocycles. The van der Waals surface area contributed by atoms with Gasteiger partial charge in [0.05, 0.1) is 7.11 Å². The summed E-state index contributed by atoms with van der Waals surface area (Å²) in [5.41, 5.74) is 3.71. The molecule has 1 aromatic heterocycles. The first-order chi connectivity index (χ1) is 9.78. The van der Waals surface area contributed by atoms with E-state index in [0.717, 1.165) is 40.9 Å². The minimum absolute atomic E-state index is 0.0990. The van der Waals surface area contributed by atoms with Crippen molar-refractivity contribution in [2.24, 2.45) is 0 Å². The first kappa shape index (κ1) is 12.6. The van der Waals surface area contributed by atoms with Gasteiger partial charge in [0.15, 0.2) is 5.78 Å². The normalized spacial score (nSPS) is 16.1. The fourth-order valence-electron chi connectivity index (χ4n) is 2.47. The van der Waals surface area contributed by atoms with Crippen LogP contribution >= 0.6 is 0 Å². The van der Waals surface area contributed by atoms with Crippen molar-refractivity contribution >= 4 is 11.9 Å². The maximum Gasteiger partial charge on any atom is 0.189 e. The Labute approximate surface area is 117 Å². The molecule has 0 atom stereocenters. The molecule has 3 nitrogen and oxygen atoms in total. The van der Waals surface area contributed by atoms with Crippen LogP contribution < -0.4 is 4.74 Å². The van der Waals surface area contributed by atoms with E-state index in [-0.39, 0.29) is 5.78 Å². The second-order valence-electron chi connectivity index (χ2n) is 4.80. The van der Waals surface area contributed by atoms with E-state index in [4.69, 9.17) is 4.74 Å². The monoisotopic (exact) mass is 265 g/mol. The second-order valence-corrected chi connectivity index (χ2v) is 4.80. The van der Waals surface area contributed by atoms with Gasteiger partial charge in [-0.1, -0.05) is 6.07 Å². The van der Waals surface area contributed by atoms with Gasteiger partial charge in [0, 0.05) is 23.5 Å². The molecule has 0 amide bonds. The Morgan fingerprint density at radius 3 is 2.70 bits per heavy atom. The van der Waals surface area contributed by atoms with Crippen LogP contribution in [0.4, 0.5) is 0 Å². The molecule has 3 heteroatoms. The molecule has 0 radical (unpaired) electrons. The molecule has 20 heavy (non-hydrogen) atoms. The van der Waals surface area contributed by atoms with Crippen LogP contribution in [0.5, 0.6) is 5.75 Å². The van der Waals surface area contributed by atoms with Crippen LogP contribution in [0.15, 0.2) is 48.3 Å². The van der Waals surface area contributed by atoms with Gasteiger partial charge >= 0.3 is 0 Å². The van der Waals surface area contributed by atoms with Gasteiger partial charge in [-0.25, -0.2) is 0 Å². The predicted octanol–water partition coefficient (Wildman–Crippen LogP) is 3.30. The molecular formula is C17H15NO2. The van der Waals surface area contributed by atoms with E-state index in [1.54, 1.807) is 19.5 Å². The summed E-state index contributed by atoms with van der Waals surface area (Å²) in [7, 11) is 1.61. The lowest BCUT2D eigenvalue weighted by Crippen LogP contribution is -2.14. The summed E-state index contributed by atoms with van der Waals surface area (Å²) in [5, 5.41) is 0. The Morgan fingerprint density at radius 1 is 1.15 bits per heavy atom. The number of rotatable bonds is 2. The average Bonchev–Trinajstić information content (AvgIpc) is 2.51. The summed E-state index contributed by atoms with van der Waals surface area (Å²) in [4.78, 5) is 16.5. The number of allylic oxidation sites excluding steroid dienone is 1. The van der Waals surface area contributed by atoms with Crippen LogP contribution in [0.25, 0.3) is 6.08 Å². The summed E-state index contributed by atoms with van der Waals surface area (Å²) < 4.78 is 5.20. The quantitative estimate of drug-likeness (QED) is 0.782. The van der Waals surface area contributed by atoms with Gasteiger partial charge < -0.3 is 4.74 Å². The molecule has 0 bridgehead atoms. The standard InChI is InChI=1S/C17H15NO2/c1-20-15-5-4-13-2-3-14(17(19)16(13)11-15)10-12-6-8-18-9-7-12/h4-11H,2-3H2,1H3. The highest BCUT2D eigenvalue weighted by atomic mass is 16.5. The van der Waals surface area contributed by atoms with Crippen LogP contribution in [0.2, 0.25) is 0 Å². The molecule has 2 aromatic rings. The zero-order valence-electron chi connectivity index (χ0n) is 11.3. The van der Waals surface area contributed by atoms with Gasteiger partial charge in [-0.15, -0.1) is 0 Å². The van der Waals surface area contributed by atoms with Crippen molar-refractivity contribution in [1.82, 2.24) is 4.98 Å². The number of hydrogen-bond donors (Lipinski definition) is 0. The second kappa shape index (κ2) is 5.29. The molecule has 0 saturated heterocycles. The van der Waals surface area contributed by atoms with Crippen molar-refractivity contribution in [2.75, 3.05) is 7.11 Å². The summed E-state index contributed by atoms with van der Waals surface area (Å²) in [5.74, 6) is 0.823. The minimum Gasteiger partial charge on any atom is -0.497 e. The SMILES string of the molecule is COc1ccc2c(c1)C(=O)C(=Cc1ccncc1)CC2. The smallest absolute Gasteiger partial charge is 0.189 e. The number of ketones is 1. The maximum atomic E-state index is 12.5. The molecule has 100 valence electrons. The van der Waals surface area contributed by atoms with Crippen molar-refractivity contribution in [2.45, 2.75) is 12.8 Å². The Morgan fingerprint density at radius 2 is 1.95 bits per heavy atom. The van der Waals surface area contributed by atoms with Crippen molar-refractivity contribution in [3.63, 3.8) is 0 Å². The van der Waals surface area contributed by atoms with Gasteiger partial charge in [-0.05, 0) is 54.3 Å². The topological polar surface area (TPSA) is 39.2 Å². The molecule has 0 fully saturated rings. The molecular weight excluding hydrogens is 250 g/mol. The number of hydrogen-bond acceptors (Lipinski definition) is 3. The fourth-order valence-corrected chi connectivity index (χ4v) is 2.47. The van der Waals surface area contributed by atoms with Crippen LogP contribution in [0.1, 0.15) is 27.9 Å². The van der Waals surface area contributed by atoms with Gasteiger partial charge in [0.25, 0.3) is 0 Å². The zero-order valence-corrected chi connectivity index (χ0v) is 11.3. The lowest BCUT2D eigenvalue weighted by Gasteiger charge is -2.18. The molecule has 3 rings (SSSR count). The Balaban J connectivity index is 1.98. The molecule has 0 aliphatic heterocycles. The highest BCUT2D eigenvalue weighted by Crippen LogP contribution is 2.29. The van der Waals surface area contributed by atoms with Crippen LogP contribution in [-0.4, -0.2) is 17.9 Å². The lowest BCUT2D eigenvalue weighted by molar-refractivity contribution is 0.102. The fraction of sp³-hybridized carbons (Fsp3) is 0.176. The molecule has 1 aliphatic rings. The van der Waals surface area contributed by atoms with Gasteiger partial charge in [0.1, 0.15) is 5.75 Å². The summed E-state index contributed by atoms with van der Waals surface area (Å²) in [6, 6.07) is 9.53. The number of fused-ring (bicyclic) bond motifs is 1. The van der Waals surface area contributed by atoms with E-state index < -0.39 is 0 Å². The van der Waals surface area contributed by atoms with E-state index in [1.807, 2.05) is 36.4 Å². The number of benzene rings is 1. The number of aryl methyl sites for hydroxylation is 1. The molecule has 0 N–H and O–H groups in total. The van der Waals surface area contributed by atoms with Gasteiger partial charge in [-0.3, -0.25) is 9.78 Å². The van der Waals surface area contributed by atoms with Crippen molar-refractivity contribution < 1.29 is 9.53 Å². The van der Waals surface area contributed by atoms with E-state index in [0.29, 0.717) is 0 Å². The predicted molar refractivity (Wildman–Crippen MR) is 77.9 cm³/mol. The number of ether oxygens (including phenoxy) is 1. The van der Waals surface area contributed by atoms with Gasteiger partial charge in [-0.2, -0.15) is 0 Å². The first-order valence-electron chi connectivity index (χ1n) is 6.60. The van der Waals surface area contributed by atoms with E-state index in [2.05, 4.69) is 4.98 Å². The van der Waals surface area contributed by atoms with Crippen molar-refractivity contribution in [3.8, 4) is 5.75 Å². The summed E-state index contributed by atoms with van der Waals surface area (Å²) in [6.07, 6.45) is 7.09. The maximum absolute atomic E-state index is 12.5. The van der Waals surface area contributed by atoms with Crippen molar-refractivity contribution in [3.05, 3.63) is 65.0 Å². The summed E-state index contributed by atoms with van der Waals surface area (Å²) in [6.45, 7) is 0. The Bertz CT molecular complexity index is 675. The number of Topliss-reactive ketones (excluding diaryl/α,β-unsaturated/α-hetero) is 1. The third kappa shape index (κ3) is 2.35. The molecule has 0 spiro atoms. The van der Waals surface area contributed by atoms with Gasteiger partial charge in [0.2, 0.25) is 0 Å². The number of carbonyl (C=O) groups excluding carboxylic acids is 1. The number of methoxy groups -OCH3 is 1. The van der Waals surface area contributed by atoms with E-state index in [1.165, 1.54) is 0 Å². The average molecular weight is 265 g/mol. The Hall–Kier alpha value is -2.42. The number of pyridine rings is 1. The number of nitrogens with zero attached hydrogens (tertiary/aromatic N) is 1. The Kier molecular flexibility index (Phi) is 3.33. The highest BCUT2D eigenvalue weighted by Gasteiger charge is 2.22. The number of carbonyl (C=O) groups is 1. The van der Waals surface area contributed by atoms with Crippen molar-refractivity contribution in [1.29, 1.82) is 0 Å². The third-order valence-electron chi connectivity index (χ3n) is 3.56. The lowest BCUT2D eigenvalue weighted by atomic mass is 9.86. The zero-order chi connectivity index (χ0) is 13.9. The van der Waals surface area contributed by atoms with Crippen LogP contribution in [0.3, 0.4) is 0 Å². The molecule has 0 unspecified atom stereocenters. The summed E-state index contributed by atoms with van der Waals surface area (Å²) >= 11 is 0. The third-order valence-corrected chi connectivity index (χ3v) is 3.56. The molecule has 1 aromatic carbocycles. The largest absolute Gasteiger partial charge is 0.497 e. The van der Waals surface area contributed by atoms with Crippen LogP contribution in [0, 0.1) is 0 Å². The minimum atomic E-state index is 0.0990. The highest BCUT2D eigenvalue weighted by molar-refractivity contribution is 6.13. The first-order valence-corrected chi connectivity index (χ1v) is 6.60. The van der Waals surface area contributed by atoms with Crippen LogP contribution in [-0.2, 0) is 6.42 Å². The van der Waals surface area contributed by atoms with E-state index >= 15 is 0 Å². The number of aromatic nitrogens is 1. The molecule has 0 saturated carbocycles. The van der Waals surface area contributed by atoms with E-state index in [9.17, 15) is 4.79 Å². The molecule has 1 aliphatic carbocycles.